The average molecular weight is 391 g/mol. The van der Waals surface area contributed by atoms with Crippen LogP contribution in [0.25, 0.3) is 0 Å². The normalized spacial score (nSPS) is 10.4. The second-order valence-electron chi connectivity index (χ2n) is 5.28. The first-order chi connectivity index (χ1) is 12.5. The zero-order valence-corrected chi connectivity index (χ0v) is 14.9. The van der Waals surface area contributed by atoms with E-state index < -0.39 is 5.91 Å². The van der Waals surface area contributed by atoms with Crippen molar-refractivity contribution >= 4 is 40.6 Å². The molecule has 0 radical (unpaired) electrons. The van der Waals surface area contributed by atoms with E-state index in [0.29, 0.717) is 27.1 Å². The molecule has 2 aromatic carbocycles. The summed E-state index contributed by atoms with van der Waals surface area (Å²) in [4.78, 5) is 20.3. The van der Waals surface area contributed by atoms with Crippen molar-refractivity contribution in [2.75, 3.05) is 5.32 Å². The van der Waals surface area contributed by atoms with Crippen molar-refractivity contribution in [2.24, 2.45) is 0 Å². The zero-order chi connectivity index (χ0) is 18.5. The van der Waals surface area contributed by atoms with Crippen LogP contribution in [0.2, 0.25) is 10.0 Å². The van der Waals surface area contributed by atoms with E-state index in [-0.39, 0.29) is 18.1 Å². The molecule has 5 nitrogen and oxygen atoms in total. The van der Waals surface area contributed by atoms with Gasteiger partial charge in [-0.3, -0.25) is 4.79 Å². The topological polar surface area (TPSA) is 66.9 Å². The van der Waals surface area contributed by atoms with Crippen LogP contribution in [0.1, 0.15) is 16.1 Å². The Kier molecular flexibility index (Phi) is 5.65. The molecule has 0 bridgehead atoms. The zero-order valence-electron chi connectivity index (χ0n) is 13.3. The van der Waals surface area contributed by atoms with Crippen LogP contribution in [-0.2, 0) is 6.54 Å². The molecule has 0 atom stereocenters. The average Bonchev–Trinajstić information content (AvgIpc) is 2.64. The van der Waals surface area contributed by atoms with Gasteiger partial charge in [0.1, 0.15) is 23.7 Å². The van der Waals surface area contributed by atoms with E-state index in [1.54, 1.807) is 36.4 Å². The molecule has 1 amide bonds. The highest BCUT2D eigenvalue weighted by atomic mass is 35.5. The number of hydrogen-bond acceptors (Lipinski definition) is 4. The van der Waals surface area contributed by atoms with Gasteiger partial charge in [-0.2, -0.15) is 0 Å². The maximum atomic E-state index is 13.6. The van der Waals surface area contributed by atoms with E-state index in [2.05, 4.69) is 20.6 Å². The molecular weight excluding hydrogens is 378 g/mol. The van der Waals surface area contributed by atoms with Crippen LogP contribution < -0.4 is 10.6 Å². The third kappa shape index (κ3) is 4.28. The molecule has 0 spiro atoms. The van der Waals surface area contributed by atoms with Crippen LogP contribution >= 0.6 is 23.2 Å². The fourth-order valence-corrected chi connectivity index (χ4v) is 2.69. The third-order valence-corrected chi connectivity index (χ3v) is 4.14. The van der Waals surface area contributed by atoms with Gasteiger partial charge in [-0.15, -0.1) is 0 Å². The van der Waals surface area contributed by atoms with E-state index >= 15 is 0 Å². The third-order valence-electron chi connectivity index (χ3n) is 3.51. The van der Waals surface area contributed by atoms with Gasteiger partial charge in [0.25, 0.3) is 5.91 Å². The van der Waals surface area contributed by atoms with Crippen LogP contribution in [0.15, 0.2) is 54.9 Å². The Bertz CT molecular complexity index is 932. The quantitative estimate of drug-likeness (QED) is 0.668. The molecule has 0 fully saturated rings. The van der Waals surface area contributed by atoms with Crippen molar-refractivity contribution in [3.63, 3.8) is 0 Å². The number of aromatic nitrogens is 2. The Hall–Kier alpha value is -2.70. The Morgan fingerprint density at radius 2 is 1.77 bits per heavy atom. The lowest BCUT2D eigenvalue weighted by Gasteiger charge is -2.10. The Morgan fingerprint density at radius 3 is 2.50 bits per heavy atom. The number of halogens is 3. The number of benzene rings is 2. The number of carbonyl (C=O) groups is 1. The van der Waals surface area contributed by atoms with Crippen molar-refractivity contribution in [3.8, 4) is 0 Å². The van der Waals surface area contributed by atoms with Crippen molar-refractivity contribution in [1.29, 1.82) is 0 Å². The lowest BCUT2D eigenvalue weighted by molar-refractivity contribution is 0.0945. The summed E-state index contributed by atoms with van der Waals surface area (Å²) in [5.41, 5.74) is 0.991. The largest absolute Gasteiger partial charge is 0.347 e. The van der Waals surface area contributed by atoms with Crippen LogP contribution in [0.5, 0.6) is 0 Å². The number of hydrogen-bond donors (Lipinski definition) is 2. The minimum absolute atomic E-state index is 0.0502. The first kappa shape index (κ1) is 18.1. The van der Waals surface area contributed by atoms with Crippen molar-refractivity contribution in [1.82, 2.24) is 15.3 Å². The maximum absolute atomic E-state index is 13.6. The number of para-hydroxylation sites is 1. The van der Waals surface area contributed by atoms with Gasteiger partial charge < -0.3 is 10.6 Å². The monoisotopic (exact) mass is 390 g/mol. The highest BCUT2D eigenvalue weighted by Gasteiger charge is 2.12. The Balaban J connectivity index is 1.72. The van der Waals surface area contributed by atoms with Gasteiger partial charge >= 0.3 is 0 Å². The summed E-state index contributed by atoms with van der Waals surface area (Å²) in [7, 11) is 0. The molecule has 8 heteroatoms. The fraction of sp³-hybridized carbons (Fsp3) is 0.0556. The maximum Gasteiger partial charge on any atom is 0.270 e. The molecule has 1 heterocycles. The second kappa shape index (κ2) is 8.12. The summed E-state index contributed by atoms with van der Waals surface area (Å²) in [5, 5.41) is 6.42. The summed E-state index contributed by atoms with van der Waals surface area (Å²) in [6, 6.07) is 12.8. The predicted molar refractivity (Wildman–Crippen MR) is 99.3 cm³/mol. The van der Waals surface area contributed by atoms with E-state index in [0.717, 1.165) is 0 Å². The lowest BCUT2D eigenvalue weighted by Crippen LogP contribution is -2.24. The van der Waals surface area contributed by atoms with Crippen molar-refractivity contribution < 1.29 is 9.18 Å². The van der Waals surface area contributed by atoms with Gasteiger partial charge in [0.15, 0.2) is 0 Å². The highest BCUT2D eigenvalue weighted by Crippen LogP contribution is 2.31. The Morgan fingerprint density at radius 1 is 1.04 bits per heavy atom. The van der Waals surface area contributed by atoms with Crippen molar-refractivity contribution in [2.45, 2.75) is 6.54 Å². The van der Waals surface area contributed by atoms with Gasteiger partial charge in [-0.05, 0) is 18.2 Å². The number of anilines is 2. The SMILES string of the molecule is O=C(NCc1ccccc1F)c1cc(Nc2c(Cl)cccc2Cl)ncn1. The highest BCUT2D eigenvalue weighted by molar-refractivity contribution is 6.39. The summed E-state index contributed by atoms with van der Waals surface area (Å²) >= 11 is 12.2. The molecule has 0 unspecified atom stereocenters. The van der Waals surface area contributed by atoms with Gasteiger partial charge in [-0.1, -0.05) is 47.5 Å². The molecule has 1 aromatic heterocycles. The van der Waals surface area contributed by atoms with Gasteiger partial charge in [0, 0.05) is 18.2 Å². The van der Waals surface area contributed by atoms with Gasteiger partial charge in [0.2, 0.25) is 0 Å². The van der Waals surface area contributed by atoms with E-state index in [9.17, 15) is 9.18 Å². The van der Waals surface area contributed by atoms with Gasteiger partial charge in [-0.25, -0.2) is 14.4 Å². The fourth-order valence-electron chi connectivity index (χ4n) is 2.20. The van der Waals surface area contributed by atoms with Crippen LogP contribution in [0.4, 0.5) is 15.9 Å². The summed E-state index contributed by atoms with van der Waals surface area (Å²) in [6.45, 7) is 0.0502. The first-order valence-electron chi connectivity index (χ1n) is 7.59. The molecule has 0 aliphatic carbocycles. The minimum atomic E-state index is -0.455. The predicted octanol–water partition coefficient (Wildman–Crippen LogP) is 4.60. The number of amides is 1. The minimum Gasteiger partial charge on any atom is -0.347 e. The number of carbonyl (C=O) groups excluding carboxylic acids is 1. The molecule has 3 aromatic rings. The van der Waals surface area contributed by atoms with Crippen LogP contribution in [0.3, 0.4) is 0 Å². The molecule has 0 aliphatic rings. The van der Waals surface area contributed by atoms with Gasteiger partial charge in [0.05, 0.1) is 15.7 Å². The second-order valence-corrected chi connectivity index (χ2v) is 6.10. The number of rotatable bonds is 5. The molecular formula is C18H13Cl2FN4O. The molecule has 132 valence electrons. The molecule has 3 rings (SSSR count). The van der Waals surface area contributed by atoms with Crippen LogP contribution in [0, 0.1) is 5.82 Å². The molecule has 26 heavy (non-hydrogen) atoms. The number of nitrogens with zero attached hydrogens (tertiary/aromatic N) is 2. The summed E-state index contributed by atoms with van der Waals surface area (Å²) in [6.07, 6.45) is 1.24. The van der Waals surface area contributed by atoms with Crippen molar-refractivity contribution in [3.05, 3.63) is 82.0 Å². The molecule has 0 aliphatic heterocycles. The molecule has 0 saturated carbocycles. The number of nitrogens with one attached hydrogen (secondary N) is 2. The lowest BCUT2D eigenvalue weighted by atomic mass is 10.2. The van der Waals surface area contributed by atoms with E-state index in [1.165, 1.54) is 18.5 Å². The van der Waals surface area contributed by atoms with E-state index in [1.807, 2.05) is 0 Å². The molecule has 2 N–H and O–H groups in total. The Labute approximate surface area is 159 Å². The standard InChI is InChI=1S/C18H13Cl2FN4O/c19-12-5-3-6-13(20)17(12)25-16-8-15(23-10-24-16)18(26)22-9-11-4-1-2-7-14(11)21/h1-8,10H,9H2,(H,22,26)(H,23,24,25). The summed E-state index contributed by atoms with van der Waals surface area (Å²) in [5.74, 6) is -0.485. The molecule has 0 saturated heterocycles. The van der Waals surface area contributed by atoms with Crippen LogP contribution in [-0.4, -0.2) is 15.9 Å². The first-order valence-corrected chi connectivity index (χ1v) is 8.35. The summed E-state index contributed by atoms with van der Waals surface area (Å²) < 4.78 is 13.6. The smallest absolute Gasteiger partial charge is 0.270 e. The van der Waals surface area contributed by atoms with E-state index in [4.69, 9.17) is 23.2 Å².